The van der Waals surface area contributed by atoms with Gasteiger partial charge in [-0.2, -0.15) is 4.39 Å². The normalized spacial score (nSPS) is 13.2. The van der Waals surface area contributed by atoms with Gasteiger partial charge in [-0.15, -0.1) is 0 Å². The Labute approximate surface area is 107 Å². The summed E-state index contributed by atoms with van der Waals surface area (Å²) in [4.78, 5) is 2.08. The highest BCUT2D eigenvalue weighted by molar-refractivity contribution is 5.81. The highest BCUT2D eigenvalue weighted by Gasteiger charge is 2.13. The zero-order valence-electron chi connectivity index (χ0n) is 11.3. The van der Waals surface area contributed by atoms with Crippen LogP contribution in [0.25, 0.3) is 10.9 Å². The van der Waals surface area contributed by atoms with Gasteiger partial charge in [0.2, 0.25) is 0 Å². The third-order valence-corrected chi connectivity index (χ3v) is 3.39. The molecular formula is C14H19FN2O. The van der Waals surface area contributed by atoms with E-state index in [-0.39, 0.29) is 12.0 Å². The molecule has 98 valence electrons. The summed E-state index contributed by atoms with van der Waals surface area (Å²) in [5.41, 5.74) is 0.905. The van der Waals surface area contributed by atoms with Crippen LogP contribution in [-0.2, 0) is 6.54 Å². The van der Waals surface area contributed by atoms with Gasteiger partial charge in [0.1, 0.15) is 5.75 Å². The van der Waals surface area contributed by atoms with Gasteiger partial charge in [0.15, 0.2) is 5.95 Å². The summed E-state index contributed by atoms with van der Waals surface area (Å²) in [7, 11) is 5.61. The minimum atomic E-state index is -0.202. The molecule has 0 radical (unpaired) electrons. The molecule has 0 unspecified atom stereocenters. The molecule has 1 atom stereocenters. The number of aromatic nitrogens is 1. The predicted octanol–water partition coefficient (Wildman–Crippen LogP) is 2.74. The van der Waals surface area contributed by atoms with Crippen LogP contribution < -0.4 is 4.74 Å². The van der Waals surface area contributed by atoms with Gasteiger partial charge in [-0.3, -0.25) is 0 Å². The average Bonchev–Trinajstić information content (AvgIpc) is 2.64. The predicted molar refractivity (Wildman–Crippen MR) is 71.6 cm³/mol. The van der Waals surface area contributed by atoms with E-state index >= 15 is 0 Å². The number of rotatable bonds is 4. The Morgan fingerprint density at radius 1 is 1.33 bits per heavy atom. The van der Waals surface area contributed by atoms with Gasteiger partial charge in [-0.05, 0) is 39.2 Å². The van der Waals surface area contributed by atoms with Crippen LogP contribution in [-0.4, -0.2) is 36.7 Å². The number of nitrogens with zero attached hydrogens (tertiary/aromatic N) is 2. The molecule has 0 aliphatic rings. The maximum atomic E-state index is 14.0. The first-order valence-corrected chi connectivity index (χ1v) is 6.02. The van der Waals surface area contributed by atoms with Gasteiger partial charge in [-0.1, -0.05) is 0 Å². The Morgan fingerprint density at radius 2 is 2.06 bits per heavy atom. The summed E-state index contributed by atoms with van der Waals surface area (Å²) < 4.78 is 20.8. The van der Waals surface area contributed by atoms with Gasteiger partial charge in [-0.25, -0.2) is 0 Å². The molecule has 0 fully saturated rings. The second-order valence-electron chi connectivity index (χ2n) is 4.82. The zero-order chi connectivity index (χ0) is 13.3. The zero-order valence-corrected chi connectivity index (χ0v) is 11.3. The van der Waals surface area contributed by atoms with Crippen LogP contribution in [0, 0.1) is 5.95 Å². The van der Waals surface area contributed by atoms with Crippen LogP contribution in [0.15, 0.2) is 24.3 Å². The van der Waals surface area contributed by atoms with Gasteiger partial charge in [0.05, 0.1) is 12.6 Å². The summed E-state index contributed by atoms with van der Waals surface area (Å²) in [5, 5.41) is 0.873. The minimum absolute atomic E-state index is 0.202. The fourth-order valence-corrected chi connectivity index (χ4v) is 1.96. The molecule has 0 aliphatic carbocycles. The van der Waals surface area contributed by atoms with Crippen LogP contribution in [0.5, 0.6) is 5.75 Å². The van der Waals surface area contributed by atoms with E-state index in [4.69, 9.17) is 4.74 Å². The smallest absolute Gasteiger partial charge is 0.194 e. The van der Waals surface area contributed by atoms with Crippen molar-refractivity contribution in [3.63, 3.8) is 0 Å². The molecule has 0 aliphatic heterocycles. The molecule has 1 aromatic heterocycles. The molecular weight excluding hydrogens is 231 g/mol. The first-order chi connectivity index (χ1) is 8.52. The van der Waals surface area contributed by atoms with Crippen molar-refractivity contribution in [2.24, 2.45) is 0 Å². The largest absolute Gasteiger partial charge is 0.497 e. The lowest BCUT2D eigenvalue weighted by atomic mass is 10.2. The number of hydrogen-bond donors (Lipinski definition) is 0. The van der Waals surface area contributed by atoms with E-state index in [1.807, 2.05) is 32.3 Å². The molecule has 0 spiro atoms. The highest BCUT2D eigenvalue weighted by atomic mass is 19.1. The molecule has 0 amide bonds. The first kappa shape index (κ1) is 12.9. The van der Waals surface area contributed by atoms with Crippen LogP contribution in [0.2, 0.25) is 0 Å². The van der Waals surface area contributed by atoms with Gasteiger partial charge >= 0.3 is 0 Å². The van der Waals surface area contributed by atoms with E-state index in [9.17, 15) is 4.39 Å². The van der Waals surface area contributed by atoms with Crippen molar-refractivity contribution in [3.05, 3.63) is 30.2 Å². The van der Waals surface area contributed by atoms with E-state index in [0.29, 0.717) is 6.54 Å². The molecule has 0 N–H and O–H groups in total. The van der Waals surface area contributed by atoms with Crippen molar-refractivity contribution < 1.29 is 9.13 Å². The van der Waals surface area contributed by atoms with Crippen molar-refractivity contribution in [3.8, 4) is 5.75 Å². The van der Waals surface area contributed by atoms with E-state index in [1.54, 1.807) is 17.7 Å². The summed E-state index contributed by atoms with van der Waals surface area (Å²) in [6.45, 7) is 2.71. The third kappa shape index (κ3) is 2.34. The number of fused-ring (bicyclic) bond motifs is 1. The molecule has 0 saturated carbocycles. The van der Waals surface area contributed by atoms with Crippen LogP contribution in [0.1, 0.15) is 6.92 Å². The SMILES string of the molecule is COc1ccc2c(c1)cc(F)n2C[C@@H](C)N(C)C. The molecule has 2 aromatic rings. The Morgan fingerprint density at radius 3 is 2.67 bits per heavy atom. The number of likely N-dealkylation sites (N-methyl/N-ethyl adjacent to an activating group) is 1. The van der Waals surface area contributed by atoms with E-state index in [2.05, 4.69) is 11.8 Å². The lowest BCUT2D eigenvalue weighted by Crippen LogP contribution is -2.29. The summed E-state index contributed by atoms with van der Waals surface area (Å²) in [5.74, 6) is 0.548. The Hall–Kier alpha value is -1.55. The van der Waals surface area contributed by atoms with E-state index < -0.39 is 0 Å². The van der Waals surface area contributed by atoms with E-state index in [1.165, 1.54) is 0 Å². The molecule has 3 nitrogen and oxygen atoms in total. The van der Waals surface area contributed by atoms with Crippen molar-refractivity contribution in [2.75, 3.05) is 21.2 Å². The van der Waals surface area contributed by atoms with Crippen LogP contribution >= 0.6 is 0 Å². The molecule has 2 rings (SSSR count). The Balaban J connectivity index is 2.41. The first-order valence-electron chi connectivity index (χ1n) is 6.02. The van der Waals surface area contributed by atoms with Gasteiger partial charge in [0, 0.05) is 24.0 Å². The molecule has 0 saturated heterocycles. The van der Waals surface area contributed by atoms with Gasteiger partial charge in [0.25, 0.3) is 0 Å². The van der Waals surface area contributed by atoms with Gasteiger partial charge < -0.3 is 14.2 Å². The summed E-state index contributed by atoms with van der Waals surface area (Å²) in [6.07, 6.45) is 0. The molecule has 18 heavy (non-hydrogen) atoms. The quantitative estimate of drug-likeness (QED) is 0.830. The van der Waals surface area contributed by atoms with Crippen molar-refractivity contribution in [1.82, 2.24) is 9.47 Å². The Kier molecular flexibility index (Phi) is 3.57. The molecule has 1 heterocycles. The number of ether oxygens (including phenoxy) is 1. The second-order valence-corrected chi connectivity index (χ2v) is 4.82. The second kappa shape index (κ2) is 4.98. The van der Waals surface area contributed by atoms with Crippen LogP contribution in [0.3, 0.4) is 0 Å². The van der Waals surface area contributed by atoms with Crippen molar-refractivity contribution >= 4 is 10.9 Å². The van der Waals surface area contributed by atoms with E-state index in [0.717, 1.165) is 16.7 Å². The molecule has 4 heteroatoms. The fourth-order valence-electron chi connectivity index (χ4n) is 1.96. The summed E-state index contributed by atoms with van der Waals surface area (Å²) in [6, 6.07) is 7.45. The number of hydrogen-bond acceptors (Lipinski definition) is 2. The monoisotopic (exact) mass is 250 g/mol. The van der Waals surface area contributed by atoms with Crippen molar-refractivity contribution in [1.29, 1.82) is 0 Å². The number of benzene rings is 1. The average molecular weight is 250 g/mol. The maximum Gasteiger partial charge on any atom is 0.194 e. The number of methoxy groups -OCH3 is 1. The van der Waals surface area contributed by atoms with Crippen molar-refractivity contribution in [2.45, 2.75) is 19.5 Å². The highest BCUT2D eigenvalue weighted by Crippen LogP contribution is 2.24. The maximum absolute atomic E-state index is 14.0. The molecule has 0 bridgehead atoms. The molecule has 1 aromatic carbocycles. The number of halogens is 1. The standard InChI is InChI=1S/C14H19FN2O/c1-10(16(2)3)9-17-13-6-5-12(18-4)7-11(13)8-14(17)15/h5-8,10H,9H2,1-4H3/t10-/m1/s1. The lowest BCUT2D eigenvalue weighted by Gasteiger charge is -2.21. The minimum Gasteiger partial charge on any atom is -0.497 e. The summed E-state index contributed by atoms with van der Waals surface area (Å²) >= 11 is 0. The third-order valence-electron chi connectivity index (χ3n) is 3.39. The Bertz CT molecular complexity index is 548. The fraction of sp³-hybridized carbons (Fsp3) is 0.429. The van der Waals surface area contributed by atoms with Crippen LogP contribution in [0.4, 0.5) is 4.39 Å². The lowest BCUT2D eigenvalue weighted by molar-refractivity contribution is 0.276. The topological polar surface area (TPSA) is 17.4 Å².